The largest absolute Gasteiger partial charge is 0.496 e. The van der Waals surface area contributed by atoms with Crippen LogP contribution < -0.4 is 15.8 Å². The Balaban J connectivity index is 1.91. The molecule has 0 unspecified atom stereocenters. The number of benzene rings is 1. The third kappa shape index (κ3) is 4.17. The predicted octanol–water partition coefficient (Wildman–Crippen LogP) is 3.89. The number of ether oxygens (including phenoxy) is 1. The van der Waals surface area contributed by atoms with Gasteiger partial charge in [-0.2, -0.15) is 0 Å². The molecule has 3 N–H and O–H groups in total. The van der Waals surface area contributed by atoms with Crippen LogP contribution in [0.15, 0.2) is 21.9 Å². The number of methoxy groups -OCH3 is 1. The van der Waals surface area contributed by atoms with E-state index in [4.69, 9.17) is 14.9 Å². The summed E-state index contributed by atoms with van der Waals surface area (Å²) >= 11 is 1.24. The Morgan fingerprint density at radius 1 is 1.31 bits per heavy atom. The molecule has 0 fully saturated rings. The second kappa shape index (κ2) is 8.08. The van der Waals surface area contributed by atoms with E-state index in [1.165, 1.54) is 17.4 Å². The Bertz CT molecular complexity index is 1140. The van der Waals surface area contributed by atoms with Crippen LogP contribution in [0.1, 0.15) is 35.1 Å². The second-order valence-corrected chi connectivity index (χ2v) is 7.70. The van der Waals surface area contributed by atoms with Gasteiger partial charge in [0.2, 0.25) is 11.8 Å². The fourth-order valence-electron chi connectivity index (χ4n) is 3.21. The Hall–Kier alpha value is -3.13. The molecule has 2 aromatic heterocycles. The van der Waals surface area contributed by atoms with Crippen LogP contribution in [-0.2, 0) is 16.0 Å². The minimum absolute atomic E-state index is 0.0429. The van der Waals surface area contributed by atoms with Gasteiger partial charge < -0.3 is 14.9 Å². The number of allylic oxidation sites excluding steroid dienone is 1. The number of aromatic nitrogens is 1. The van der Waals surface area contributed by atoms with Crippen LogP contribution in [-0.4, -0.2) is 23.9 Å². The number of primary amides is 1. The maximum Gasteiger partial charge on any atom is 0.250 e. The average molecular weight is 413 g/mol. The summed E-state index contributed by atoms with van der Waals surface area (Å²) < 4.78 is 11.5. The maximum absolute atomic E-state index is 12.5. The molecule has 29 heavy (non-hydrogen) atoms. The van der Waals surface area contributed by atoms with E-state index < -0.39 is 5.91 Å². The van der Waals surface area contributed by atoms with Crippen molar-refractivity contribution in [3.63, 3.8) is 0 Å². The molecule has 3 aromatic rings. The number of fused-ring (bicyclic) bond motifs is 1. The van der Waals surface area contributed by atoms with Crippen LogP contribution in [0.5, 0.6) is 5.75 Å². The summed E-state index contributed by atoms with van der Waals surface area (Å²) in [7, 11) is 1.60. The second-order valence-electron chi connectivity index (χ2n) is 6.85. The number of rotatable bonds is 6. The van der Waals surface area contributed by atoms with Crippen molar-refractivity contribution in [3.8, 4) is 5.75 Å². The first-order chi connectivity index (χ1) is 13.7. The molecule has 0 saturated heterocycles. The van der Waals surface area contributed by atoms with Gasteiger partial charge in [0.25, 0.3) is 0 Å². The summed E-state index contributed by atoms with van der Waals surface area (Å²) in [6.07, 6.45) is 1.54. The van der Waals surface area contributed by atoms with Crippen molar-refractivity contribution < 1.29 is 18.7 Å². The van der Waals surface area contributed by atoms with Crippen molar-refractivity contribution in [3.05, 3.63) is 45.7 Å². The number of thiazole rings is 1. The number of carbonyl (C=O) groups excluding carboxylic acids is 2. The van der Waals surface area contributed by atoms with Gasteiger partial charge in [-0.25, -0.2) is 4.98 Å². The predicted molar refractivity (Wildman–Crippen MR) is 114 cm³/mol. The normalized spacial score (nSPS) is 11.7. The Kier molecular flexibility index (Phi) is 5.74. The van der Waals surface area contributed by atoms with Gasteiger partial charge in [-0.15, -0.1) is 11.3 Å². The molecule has 3 rings (SSSR count). The van der Waals surface area contributed by atoms with Crippen LogP contribution in [0.2, 0.25) is 0 Å². The first-order valence-corrected chi connectivity index (χ1v) is 9.88. The Morgan fingerprint density at radius 3 is 2.69 bits per heavy atom. The molecule has 7 nitrogen and oxygen atoms in total. The molecule has 0 radical (unpaired) electrons. The number of nitrogens with one attached hydrogen (secondary N) is 1. The number of carbonyl (C=O) groups is 2. The van der Waals surface area contributed by atoms with E-state index in [1.54, 1.807) is 12.5 Å². The first-order valence-electron chi connectivity index (χ1n) is 9.01. The zero-order chi connectivity index (χ0) is 21.3. The van der Waals surface area contributed by atoms with Crippen molar-refractivity contribution in [2.24, 2.45) is 5.73 Å². The van der Waals surface area contributed by atoms with E-state index in [2.05, 4.69) is 10.3 Å². The van der Waals surface area contributed by atoms with Crippen molar-refractivity contribution in [2.45, 2.75) is 34.1 Å². The lowest BCUT2D eigenvalue weighted by Crippen LogP contribution is -2.14. The molecule has 1 aromatic carbocycles. The standard InChI is InChI=1S/C21H23N3O4S/c1-10(6-18(26)24-21-23-14(9-29-21)7-17(22)25)15-8-16-11(2)13(4)28-20(16)12(3)19(15)27-5/h6,8-9H,7H2,1-5H3,(H2,22,25)(H,23,24,26)/b10-6+. The van der Waals surface area contributed by atoms with Gasteiger partial charge in [-0.05, 0) is 44.9 Å². The lowest BCUT2D eigenvalue weighted by molar-refractivity contribution is -0.117. The number of aryl methyl sites for hydroxylation is 3. The monoisotopic (exact) mass is 413 g/mol. The van der Waals surface area contributed by atoms with Crippen LogP contribution >= 0.6 is 11.3 Å². The number of furan rings is 1. The minimum Gasteiger partial charge on any atom is -0.496 e. The van der Waals surface area contributed by atoms with Crippen molar-refractivity contribution >= 4 is 44.8 Å². The third-order valence-electron chi connectivity index (χ3n) is 4.76. The van der Waals surface area contributed by atoms with E-state index in [-0.39, 0.29) is 12.3 Å². The van der Waals surface area contributed by atoms with Gasteiger partial charge in [0.15, 0.2) is 5.13 Å². The van der Waals surface area contributed by atoms with Gasteiger partial charge in [-0.3, -0.25) is 14.9 Å². The lowest BCUT2D eigenvalue weighted by Gasteiger charge is -2.13. The SMILES string of the molecule is COc1c(/C(C)=C/C(=O)Nc2nc(CC(N)=O)cs2)cc2c(C)c(C)oc2c1C. The van der Waals surface area contributed by atoms with E-state index >= 15 is 0 Å². The van der Waals surface area contributed by atoms with Crippen LogP contribution in [0.3, 0.4) is 0 Å². The summed E-state index contributed by atoms with van der Waals surface area (Å²) in [5.41, 5.74) is 10.0. The number of amides is 2. The quantitative estimate of drug-likeness (QED) is 0.596. The Labute approximate surface area is 172 Å². The molecule has 0 atom stereocenters. The molecular formula is C21H23N3O4S. The van der Waals surface area contributed by atoms with E-state index in [0.717, 1.165) is 39.0 Å². The maximum atomic E-state index is 12.5. The fraction of sp³-hybridized carbons (Fsp3) is 0.286. The number of anilines is 1. The first kappa shape index (κ1) is 20.6. The van der Waals surface area contributed by atoms with Gasteiger partial charge >= 0.3 is 0 Å². The highest BCUT2D eigenvalue weighted by Crippen LogP contribution is 2.38. The number of hydrogen-bond acceptors (Lipinski definition) is 6. The molecule has 0 aliphatic carbocycles. The fourth-order valence-corrected chi connectivity index (χ4v) is 3.92. The van der Waals surface area contributed by atoms with E-state index in [1.807, 2.05) is 33.8 Å². The highest BCUT2D eigenvalue weighted by molar-refractivity contribution is 7.14. The lowest BCUT2D eigenvalue weighted by atomic mass is 9.98. The van der Waals surface area contributed by atoms with Crippen molar-refractivity contribution in [2.75, 3.05) is 12.4 Å². The zero-order valence-corrected chi connectivity index (χ0v) is 17.8. The smallest absolute Gasteiger partial charge is 0.250 e. The highest BCUT2D eigenvalue weighted by atomic mass is 32.1. The van der Waals surface area contributed by atoms with Gasteiger partial charge in [0.05, 0.1) is 19.2 Å². The van der Waals surface area contributed by atoms with Crippen LogP contribution in [0.4, 0.5) is 5.13 Å². The molecule has 152 valence electrons. The molecule has 0 aliphatic heterocycles. The van der Waals surface area contributed by atoms with Crippen LogP contribution in [0.25, 0.3) is 16.5 Å². The summed E-state index contributed by atoms with van der Waals surface area (Å²) in [6, 6.07) is 1.99. The molecule has 0 saturated carbocycles. The van der Waals surface area contributed by atoms with Gasteiger partial charge in [0.1, 0.15) is 17.1 Å². The van der Waals surface area contributed by atoms with Crippen molar-refractivity contribution in [1.82, 2.24) is 4.98 Å². The summed E-state index contributed by atoms with van der Waals surface area (Å²) in [5, 5.41) is 5.83. The Morgan fingerprint density at radius 2 is 2.03 bits per heavy atom. The van der Waals surface area contributed by atoms with E-state index in [0.29, 0.717) is 16.6 Å². The highest BCUT2D eigenvalue weighted by Gasteiger charge is 2.18. The average Bonchev–Trinajstić information content (AvgIpc) is 3.19. The number of hydrogen-bond donors (Lipinski definition) is 2. The number of nitrogens with two attached hydrogens (primary N) is 1. The van der Waals surface area contributed by atoms with E-state index in [9.17, 15) is 9.59 Å². The summed E-state index contributed by atoms with van der Waals surface area (Å²) in [6.45, 7) is 7.73. The number of nitrogens with zero attached hydrogens (tertiary/aromatic N) is 1. The molecule has 2 amide bonds. The summed E-state index contributed by atoms with van der Waals surface area (Å²) in [4.78, 5) is 27.6. The molecule has 0 aliphatic rings. The zero-order valence-electron chi connectivity index (χ0n) is 17.0. The molecule has 0 spiro atoms. The summed E-state index contributed by atoms with van der Waals surface area (Å²) in [5.74, 6) is 0.747. The molecule has 0 bridgehead atoms. The van der Waals surface area contributed by atoms with Crippen LogP contribution in [0, 0.1) is 20.8 Å². The van der Waals surface area contributed by atoms with Crippen molar-refractivity contribution in [1.29, 1.82) is 0 Å². The topological polar surface area (TPSA) is 107 Å². The molecule has 2 heterocycles. The van der Waals surface area contributed by atoms with Gasteiger partial charge in [-0.1, -0.05) is 0 Å². The molecular weight excluding hydrogens is 390 g/mol. The minimum atomic E-state index is -0.466. The molecule has 8 heteroatoms. The third-order valence-corrected chi connectivity index (χ3v) is 5.57. The van der Waals surface area contributed by atoms with Gasteiger partial charge in [0, 0.05) is 28.0 Å².